The third kappa shape index (κ3) is 104. The molecule has 0 heterocycles. The number of carboxylic acid groups (broad SMARTS) is 2. The average molecular weight is 317 g/mol. The van der Waals surface area contributed by atoms with E-state index < -0.39 is 6.16 Å². The average Bonchev–Trinajstić information content (AvgIpc) is 0.811. The van der Waals surface area contributed by atoms with Crippen molar-refractivity contribution >= 4 is 19.7 Å². The molecule has 0 aromatic carbocycles. The van der Waals surface area contributed by atoms with Crippen molar-refractivity contribution < 1.29 is 69.6 Å². The second-order valence-corrected chi connectivity index (χ2v) is 0.250. The second-order valence-electron chi connectivity index (χ2n) is 0.250. The van der Waals surface area contributed by atoms with Crippen LogP contribution in [-0.2, 0) is 68.1 Å². The molecule has 0 unspecified atom stereocenters. The van der Waals surface area contributed by atoms with Crippen molar-refractivity contribution in [2.24, 2.45) is 0 Å². The van der Waals surface area contributed by atoms with Crippen LogP contribution in [0.2, 0.25) is 0 Å². The first-order valence-corrected chi connectivity index (χ1v) is 0.612. The molecule has 0 rings (SSSR count). The Morgan fingerprint density at radius 1 is 1.14 bits per heavy atom. The van der Waals surface area contributed by atoms with Crippen molar-refractivity contribution in [3.8, 4) is 0 Å². The maximum absolute atomic E-state index is 8.33. The van der Waals surface area contributed by atoms with Crippen LogP contribution in [0.25, 0.3) is 0 Å². The molecule has 0 aliphatic rings. The summed E-state index contributed by atoms with van der Waals surface area (Å²) in [5.41, 5.74) is 0. The fraction of sp³-hybridized carbons (Fsp3) is 0. The Morgan fingerprint density at radius 2 is 1.14 bits per heavy atom. The minimum atomic E-state index is -2.33. The van der Waals surface area contributed by atoms with Crippen LogP contribution in [0, 0.1) is 0 Å². The summed E-state index contributed by atoms with van der Waals surface area (Å²) in [6.07, 6.45) is -2.33. The van der Waals surface area contributed by atoms with Gasteiger partial charge in [0.15, 0.2) is 0 Å². The quantitative estimate of drug-likeness (QED) is 0.466. The Hall–Kier alpha value is 1.46. The van der Waals surface area contributed by atoms with Crippen LogP contribution in [0.1, 0.15) is 0 Å². The summed E-state index contributed by atoms with van der Waals surface area (Å²) in [6, 6.07) is 0. The Morgan fingerprint density at radius 3 is 1.14 bits per heavy atom. The van der Waals surface area contributed by atoms with Gasteiger partial charge in [-0.25, -0.2) is 0 Å². The van der Waals surface area contributed by atoms with Gasteiger partial charge < -0.3 is 28.5 Å². The van der Waals surface area contributed by atoms with E-state index in [-0.39, 0.29) is 68.1 Å². The summed E-state index contributed by atoms with van der Waals surface area (Å²) in [5, 5.41) is 16.7. The van der Waals surface area contributed by atoms with Crippen LogP contribution in [-0.4, -0.2) is 6.16 Å². The molecule has 0 saturated carbocycles. The van der Waals surface area contributed by atoms with Gasteiger partial charge in [0, 0.05) is 0 Å². The van der Waals surface area contributed by atoms with Gasteiger partial charge in [0.25, 0.3) is 0 Å². The minimum Gasteiger partial charge on any atom is -2.00 e. The summed E-state index contributed by atoms with van der Waals surface area (Å²) in [5.74, 6) is 0. The van der Waals surface area contributed by atoms with Gasteiger partial charge >= 0.3 is 54.6 Å². The first kappa shape index (κ1) is 23.7. The topological polar surface area (TPSA) is 63.2 Å². The number of hydrogen-bond donors (Lipinski definition) is 0. The largest absolute Gasteiger partial charge is 2.00 e. The van der Waals surface area contributed by atoms with Gasteiger partial charge in [-0.2, -0.15) is 0 Å². The second kappa shape index (κ2) is 15.7. The molecular weight excluding hydrogens is 317 g/mol. The summed E-state index contributed by atoms with van der Waals surface area (Å²) in [4.78, 5) is 8.33. The molecule has 0 aliphatic carbocycles. The maximum Gasteiger partial charge on any atom is 2.00 e. The van der Waals surface area contributed by atoms with E-state index in [4.69, 9.17) is 15.0 Å². The number of carbonyl (C=O) groups excluding carboxylic acids is 1. The molecule has 0 radical (unpaired) electrons. The van der Waals surface area contributed by atoms with E-state index in [9.17, 15) is 0 Å². The Kier molecular flexibility index (Phi) is 52.9. The van der Waals surface area contributed by atoms with Crippen LogP contribution >= 0.6 is 0 Å². The molecule has 0 aromatic rings. The van der Waals surface area contributed by atoms with Crippen LogP contribution < -0.4 is 10.2 Å². The molecule has 3 nitrogen and oxygen atoms in total. The smallest absolute Gasteiger partial charge is 2.00 e. The molecular formula is CCd2O3S. The summed E-state index contributed by atoms with van der Waals surface area (Å²) >= 11 is 0. The van der Waals surface area contributed by atoms with Crippen molar-refractivity contribution in [1.29, 1.82) is 0 Å². The zero-order valence-corrected chi connectivity index (χ0v) is 12.4. The molecule has 0 aromatic heterocycles. The summed E-state index contributed by atoms with van der Waals surface area (Å²) in [6.45, 7) is 0. The van der Waals surface area contributed by atoms with E-state index in [2.05, 4.69) is 0 Å². The van der Waals surface area contributed by atoms with Crippen molar-refractivity contribution in [3.63, 3.8) is 0 Å². The van der Waals surface area contributed by atoms with Gasteiger partial charge in [-0.05, 0) is 6.16 Å². The Labute approximate surface area is 88.2 Å². The molecule has 0 spiro atoms. The van der Waals surface area contributed by atoms with Gasteiger partial charge in [0.2, 0.25) is 0 Å². The number of hydrogen-bond acceptors (Lipinski definition) is 3. The van der Waals surface area contributed by atoms with Gasteiger partial charge in [-0.3, -0.25) is 0 Å². The molecule has 32 valence electrons. The van der Waals surface area contributed by atoms with Gasteiger partial charge in [0.1, 0.15) is 0 Å². The molecule has 7 heavy (non-hydrogen) atoms. The predicted molar refractivity (Wildman–Crippen MR) is 12.8 cm³/mol. The standard InChI is InChI=1S/CH2O3.2Cd.S/c2-1(3)4;;;/h(H2,2,3,4);;;/q;2*+2;-2/p-2. The van der Waals surface area contributed by atoms with Crippen LogP contribution in [0.4, 0.5) is 4.79 Å². The van der Waals surface area contributed by atoms with Crippen molar-refractivity contribution in [1.82, 2.24) is 0 Å². The normalized spacial score (nSPS) is 3.43. The number of rotatable bonds is 0. The van der Waals surface area contributed by atoms with Crippen LogP contribution in [0.5, 0.6) is 0 Å². The first-order chi connectivity index (χ1) is 1.73. The molecule has 0 fully saturated rings. The Bertz CT molecular complexity index is 35.9. The van der Waals surface area contributed by atoms with Crippen LogP contribution in [0.15, 0.2) is 0 Å². The van der Waals surface area contributed by atoms with E-state index in [1.165, 1.54) is 0 Å². The summed E-state index contributed by atoms with van der Waals surface area (Å²) < 4.78 is 0. The fourth-order valence-electron chi connectivity index (χ4n) is 0. The Balaban J connectivity index is -0.0000000150. The molecule has 6 heteroatoms. The third-order valence-electron chi connectivity index (χ3n) is 0. The fourth-order valence-corrected chi connectivity index (χ4v) is 0. The van der Waals surface area contributed by atoms with Gasteiger partial charge in [0.05, 0.1) is 0 Å². The third-order valence-corrected chi connectivity index (χ3v) is 0. The molecule has 0 atom stereocenters. The molecule has 0 bridgehead atoms. The van der Waals surface area contributed by atoms with E-state index in [0.717, 1.165) is 0 Å². The van der Waals surface area contributed by atoms with Gasteiger partial charge in [-0.1, -0.05) is 0 Å². The van der Waals surface area contributed by atoms with Crippen molar-refractivity contribution in [3.05, 3.63) is 0 Å². The predicted octanol–water partition coefficient (Wildman–Crippen LogP) is -2.45. The van der Waals surface area contributed by atoms with Crippen LogP contribution in [0.3, 0.4) is 0 Å². The van der Waals surface area contributed by atoms with E-state index >= 15 is 0 Å². The van der Waals surface area contributed by atoms with Crippen molar-refractivity contribution in [2.75, 3.05) is 0 Å². The zero-order valence-electron chi connectivity index (χ0n) is 3.55. The molecule has 0 amide bonds. The number of carbonyl (C=O) groups is 1. The SMILES string of the molecule is O=C([O-])[O-].[Cd+2].[Cd+2].[S-2]. The maximum atomic E-state index is 8.33. The monoisotopic (exact) mass is 320 g/mol. The molecule has 0 aliphatic heterocycles. The van der Waals surface area contributed by atoms with E-state index in [1.54, 1.807) is 0 Å². The summed E-state index contributed by atoms with van der Waals surface area (Å²) in [7, 11) is 0. The molecule has 0 N–H and O–H groups in total. The zero-order chi connectivity index (χ0) is 3.58. The minimum absolute atomic E-state index is 0. The molecule has 0 saturated heterocycles. The van der Waals surface area contributed by atoms with E-state index in [1.807, 2.05) is 0 Å². The van der Waals surface area contributed by atoms with Gasteiger partial charge in [-0.15, -0.1) is 0 Å². The van der Waals surface area contributed by atoms with Crippen molar-refractivity contribution in [2.45, 2.75) is 0 Å². The van der Waals surface area contributed by atoms with E-state index in [0.29, 0.717) is 0 Å². The first-order valence-electron chi connectivity index (χ1n) is 0.612.